The molecule has 10 heteroatoms. The van der Waals surface area contributed by atoms with Crippen molar-refractivity contribution in [3.05, 3.63) is 54.6 Å². The van der Waals surface area contributed by atoms with E-state index in [2.05, 4.69) is 0 Å². The molecule has 174 valence electrons. The Labute approximate surface area is 191 Å². The van der Waals surface area contributed by atoms with Crippen molar-refractivity contribution in [2.45, 2.75) is 43.2 Å². The Balaban J connectivity index is 1.73. The molecule has 2 aromatic carbocycles. The first kappa shape index (κ1) is 22.8. The summed E-state index contributed by atoms with van der Waals surface area (Å²) in [6.07, 6.45) is -2.13. The molecule has 0 N–H and O–H groups in total. The molecule has 0 unspecified atom stereocenters. The molecule has 0 aliphatic carbocycles. The second kappa shape index (κ2) is 8.18. The number of rotatable bonds is 7. The Bertz CT molecular complexity index is 1190. The molecular formula is C23H24N2O7S. The summed E-state index contributed by atoms with van der Waals surface area (Å²) in [4.78, 5) is 40.8. The molecule has 2 aromatic rings. The minimum Gasteiger partial charge on any atom is -0.497 e. The predicted octanol–water partition coefficient (Wildman–Crippen LogP) is 2.95. The number of hydrogen-bond acceptors (Lipinski definition) is 7. The highest BCUT2D eigenvalue weighted by atomic mass is 32.2. The molecule has 0 bridgehead atoms. The Hall–Kier alpha value is -3.40. The number of methoxy groups -OCH3 is 1. The van der Waals surface area contributed by atoms with Crippen molar-refractivity contribution in [3.63, 3.8) is 0 Å². The van der Waals surface area contributed by atoms with Gasteiger partial charge in [0.25, 0.3) is 12.1 Å². The summed E-state index contributed by atoms with van der Waals surface area (Å²) in [6.45, 7) is 3.47. The maximum Gasteiger partial charge on any atom is 0.423 e. The zero-order valence-corrected chi connectivity index (χ0v) is 19.2. The first-order valence-corrected chi connectivity index (χ1v) is 12.1. The molecule has 4 rings (SSSR count). The number of cyclic esters (lactones) is 1. The van der Waals surface area contributed by atoms with Crippen LogP contribution in [0.5, 0.6) is 5.75 Å². The number of imide groups is 1. The number of sulfone groups is 1. The number of nitrogens with zero attached hydrogens (tertiary/aromatic N) is 2. The van der Waals surface area contributed by atoms with Crippen LogP contribution in [0.3, 0.4) is 0 Å². The highest BCUT2D eigenvalue weighted by molar-refractivity contribution is 7.92. The van der Waals surface area contributed by atoms with Crippen LogP contribution in [0.15, 0.2) is 59.5 Å². The van der Waals surface area contributed by atoms with Crippen molar-refractivity contribution in [2.24, 2.45) is 5.41 Å². The maximum atomic E-state index is 13.6. The molecular weight excluding hydrogens is 448 g/mol. The van der Waals surface area contributed by atoms with Crippen molar-refractivity contribution >= 4 is 33.4 Å². The van der Waals surface area contributed by atoms with Gasteiger partial charge in [0.1, 0.15) is 5.75 Å². The highest BCUT2D eigenvalue weighted by Gasteiger charge is 2.69. The normalized spacial score (nSPS) is 22.2. The number of amides is 3. The minimum atomic E-state index is -4.06. The second-order valence-electron chi connectivity index (χ2n) is 7.89. The van der Waals surface area contributed by atoms with Gasteiger partial charge in [-0.3, -0.25) is 14.5 Å². The van der Waals surface area contributed by atoms with E-state index in [9.17, 15) is 22.8 Å². The topological polar surface area (TPSA) is 110 Å². The molecule has 0 radical (unpaired) electrons. The van der Waals surface area contributed by atoms with Crippen LogP contribution >= 0.6 is 0 Å². The van der Waals surface area contributed by atoms with Crippen molar-refractivity contribution in [1.29, 1.82) is 0 Å². The number of anilines is 1. The van der Waals surface area contributed by atoms with E-state index in [1.807, 2.05) is 0 Å². The number of carbonyl (C=O) groups excluding carboxylic acids is 3. The molecule has 2 atom stereocenters. The lowest BCUT2D eigenvalue weighted by Gasteiger charge is -2.55. The van der Waals surface area contributed by atoms with Gasteiger partial charge in [-0.05, 0) is 49.2 Å². The van der Waals surface area contributed by atoms with Gasteiger partial charge in [0.15, 0.2) is 5.37 Å². The summed E-state index contributed by atoms with van der Waals surface area (Å²) in [5.41, 5.74) is -0.990. The molecule has 2 fully saturated rings. The fourth-order valence-corrected chi connectivity index (χ4v) is 6.85. The van der Waals surface area contributed by atoms with Gasteiger partial charge in [0, 0.05) is 0 Å². The van der Waals surface area contributed by atoms with Gasteiger partial charge in [-0.25, -0.2) is 18.1 Å². The lowest BCUT2D eigenvalue weighted by atomic mass is 9.73. The van der Waals surface area contributed by atoms with Crippen molar-refractivity contribution in [3.8, 4) is 5.75 Å². The summed E-state index contributed by atoms with van der Waals surface area (Å²) in [5, 5.41) is -1.34. The fraction of sp³-hybridized carbons (Fsp3) is 0.348. The number of hydrogen-bond donors (Lipinski definition) is 0. The summed E-state index contributed by atoms with van der Waals surface area (Å²) in [5.74, 6) is -0.828. The van der Waals surface area contributed by atoms with Gasteiger partial charge >= 0.3 is 6.09 Å². The molecule has 3 amide bonds. The SMILES string of the molecule is CCC1(CC)C(=O)N([C@H]2OC(=O)N(c3ccc(OC)cc3)C2=O)[C@H]1S(=O)(=O)c1ccccc1. The van der Waals surface area contributed by atoms with E-state index >= 15 is 0 Å². The highest BCUT2D eigenvalue weighted by Crippen LogP contribution is 2.51. The van der Waals surface area contributed by atoms with Gasteiger partial charge in [0.2, 0.25) is 15.7 Å². The van der Waals surface area contributed by atoms with Gasteiger partial charge < -0.3 is 9.47 Å². The first-order valence-electron chi connectivity index (χ1n) is 10.5. The van der Waals surface area contributed by atoms with E-state index < -0.39 is 44.8 Å². The summed E-state index contributed by atoms with van der Waals surface area (Å²) < 4.78 is 37.5. The zero-order chi connectivity index (χ0) is 24.0. The average Bonchev–Trinajstić information content (AvgIpc) is 3.12. The fourth-order valence-electron chi connectivity index (χ4n) is 4.52. The van der Waals surface area contributed by atoms with E-state index in [1.54, 1.807) is 44.2 Å². The molecule has 0 saturated carbocycles. The smallest absolute Gasteiger partial charge is 0.423 e. The summed E-state index contributed by atoms with van der Waals surface area (Å²) >= 11 is 0. The third-order valence-electron chi connectivity index (χ3n) is 6.42. The van der Waals surface area contributed by atoms with E-state index in [0.29, 0.717) is 5.75 Å². The van der Waals surface area contributed by atoms with Crippen LogP contribution in [0.1, 0.15) is 26.7 Å². The van der Waals surface area contributed by atoms with Gasteiger partial charge in [0.05, 0.1) is 23.1 Å². The Kier molecular flexibility index (Phi) is 5.65. The Morgan fingerprint density at radius 2 is 1.58 bits per heavy atom. The number of likely N-dealkylation sites (tertiary alicyclic amines) is 1. The van der Waals surface area contributed by atoms with Crippen molar-refractivity contribution in [1.82, 2.24) is 4.90 Å². The van der Waals surface area contributed by atoms with Crippen LogP contribution in [0, 0.1) is 5.41 Å². The van der Waals surface area contributed by atoms with E-state index in [1.165, 1.54) is 31.4 Å². The number of ether oxygens (including phenoxy) is 2. The maximum absolute atomic E-state index is 13.6. The predicted molar refractivity (Wildman–Crippen MR) is 118 cm³/mol. The second-order valence-corrected chi connectivity index (χ2v) is 9.90. The van der Waals surface area contributed by atoms with Crippen molar-refractivity contribution < 1.29 is 32.3 Å². The van der Waals surface area contributed by atoms with Crippen LogP contribution < -0.4 is 9.64 Å². The zero-order valence-electron chi connectivity index (χ0n) is 18.4. The lowest BCUT2D eigenvalue weighted by molar-refractivity contribution is -0.183. The Morgan fingerprint density at radius 3 is 2.12 bits per heavy atom. The summed E-state index contributed by atoms with van der Waals surface area (Å²) in [7, 11) is -2.58. The lowest BCUT2D eigenvalue weighted by Crippen LogP contribution is -2.74. The molecule has 2 aliphatic rings. The standard InChI is InChI=1S/C23H24N2O7S/c1-4-23(5-2)20(27)25(21(23)33(29,30)17-9-7-6-8-10-17)19-18(26)24(22(28)32-19)15-11-13-16(31-3)14-12-15/h6-14,19,21H,4-5H2,1-3H3/t19-,21-/m0/s1. The Morgan fingerprint density at radius 1 is 0.970 bits per heavy atom. The van der Waals surface area contributed by atoms with E-state index in [-0.39, 0.29) is 23.4 Å². The van der Waals surface area contributed by atoms with Gasteiger partial charge in [-0.1, -0.05) is 32.0 Å². The number of benzene rings is 2. The van der Waals surface area contributed by atoms with Crippen LogP contribution in [0.4, 0.5) is 10.5 Å². The monoisotopic (exact) mass is 472 g/mol. The molecule has 0 spiro atoms. The van der Waals surface area contributed by atoms with Crippen molar-refractivity contribution in [2.75, 3.05) is 12.0 Å². The average molecular weight is 473 g/mol. The third kappa shape index (κ3) is 3.28. The molecule has 2 heterocycles. The van der Waals surface area contributed by atoms with Gasteiger partial charge in [-0.15, -0.1) is 0 Å². The third-order valence-corrected chi connectivity index (χ3v) is 8.62. The molecule has 0 aromatic heterocycles. The van der Waals surface area contributed by atoms with E-state index in [0.717, 1.165) is 9.80 Å². The number of β-lactam (4-membered cyclic amide) rings is 1. The quantitative estimate of drug-likeness (QED) is 0.570. The largest absolute Gasteiger partial charge is 0.497 e. The summed E-state index contributed by atoms with van der Waals surface area (Å²) in [6, 6.07) is 13.9. The molecule has 33 heavy (non-hydrogen) atoms. The van der Waals surface area contributed by atoms with Gasteiger partial charge in [-0.2, -0.15) is 0 Å². The molecule has 2 aliphatic heterocycles. The van der Waals surface area contributed by atoms with E-state index in [4.69, 9.17) is 9.47 Å². The van der Waals surface area contributed by atoms with Crippen LogP contribution in [0.2, 0.25) is 0 Å². The first-order chi connectivity index (χ1) is 15.7. The van der Waals surface area contributed by atoms with Crippen LogP contribution in [0.25, 0.3) is 0 Å². The molecule has 2 saturated heterocycles. The van der Waals surface area contributed by atoms with Crippen LogP contribution in [-0.2, 0) is 24.2 Å². The minimum absolute atomic E-state index is 0.0301. The number of carbonyl (C=O) groups is 3. The molecule has 9 nitrogen and oxygen atoms in total. The van der Waals surface area contributed by atoms with Crippen LogP contribution in [-0.4, -0.2) is 49.9 Å².